The van der Waals surface area contributed by atoms with Gasteiger partial charge in [-0.1, -0.05) is 62.4 Å². The topological polar surface area (TPSA) is 70.2 Å². The van der Waals surface area contributed by atoms with E-state index in [1.165, 1.54) is 5.56 Å². The van der Waals surface area contributed by atoms with Gasteiger partial charge in [-0.05, 0) is 43.4 Å². The zero-order chi connectivity index (χ0) is 19.6. The molecule has 27 heavy (non-hydrogen) atoms. The molecule has 0 heterocycles. The van der Waals surface area contributed by atoms with Crippen LogP contribution in [-0.4, -0.2) is 24.0 Å². The lowest BCUT2D eigenvalue weighted by molar-refractivity contribution is -0.124. The van der Waals surface area contributed by atoms with Crippen molar-refractivity contribution in [3.63, 3.8) is 0 Å². The molecule has 2 aromatic carbocycles. The molecule has 2 rings (SSSR count). The number of carbonyl (C=O) groups is 2. The quantitative estimate of drug-likeness (QED) is 0.661. The Hall–Kier alpha value is -2.82. The van der Waals surface area contributed by atoms with Gasteiger partial charge < -0.3 is 16.0 Å². The maximum absolute atomic E-state index is 12.6. The summed E-state index contributed by atoms with van der Waals surface area (Å²) in [4.78, 5) is 24.9. The Labute approximate surface area is 161 Å². The maximum atomic E-state index is 12.6. The number of para-hydroxylation sites is 1. The number of anilines is 1. The minimum atomic E-state index is -0.590. The lowest BCUT2D eigenvalue weighted by Gasteiger charge is -2.24. The van der Waals surface area contributed by atoms with E-state index in [1.54, 1.807) is 12.1 Å². The predicted octanol–water partition coefficient (Wildman–Crippen LogP) is 3.97. The van der Waals surface area contributed by atoms with E-state index in [2.05, 4.69) is 28.1 Å². The van der Waals surface area contributed by atoms with Crippen molar-refractivity contribution in [1.29, 1.82) is 0 Å². The van der Waals surface area contributed by atoms with Crippen molar-refractivity contribution >= 4 is 17.6 Å². The zero-order valence-electron chi connectivity index (χ0n) is 16.2. The molecule has 2 aromatic rings. The van der Waals surface area contributed by atoms with Crippen molar-refractivity contribution in [3.8, 4) is 0 Å². The second-order valence-electron chi connectivity index (χ2n) is 7.12. The van der Waals surface area contributed by atoms with E-state index in [0.717, 1.165) is 12.8 Å². The second kappa shape index (κ2) is 10.4. The highest BCUT2D eigenvalue weighted by atomic mass is 16.2. The molecule has 5 nitrogen and oxygen atoms in total. The van der Waals surface area contributed by atoms with Gasteiger partial charge in [-0.3, -0.25) is 4.79 Å². The van der Waals surface area contributed by atoms with Gasteiger partial charge >= 0.3 is 6.03 Å². The fourth-order valence-corrected chi connectivity index (χ4v) is 2.80. The fraction of sp³-hybridized carbons (Fsp3) is 0.364. The van der Waals surface area contributed by atoms with Gasteiger partial charge in [0.15, 0.2) is 0 Å². The Morgan fingerprint density at radius 2 is 1.44 bits per heavy atom. The number of aryl methyl sites for hydroxylation is 1. The van der Waals surface area contributed by atoms with Gasteiger partial charge in [-0.15, -0.1) is 0 Å². The Kier molecular flexibility index (Phi) is 7.86. The summed E-state index contributed by atoms with van der Waals surface area (Å²) in [5.41, 5.74) is 1.94. The summed E-state index contributed by atoms with van der Waals surface area (Å²) >= 11 is 0. The number of rotatable bonds is 8. The zero-order valence-corrected chi connectivity index (χ0v) is 16.2. The van der Waals surface area contributed by atoms with Crippen LogP contribution in [0.15, 0.2) is 60.7 Å². The number of nitrogens with one attached hydrogen (secondary N) is 3. The third-order valence-corrected chi connectivity index (χ3v) is 4.36. The third kappa shape index (κ3) is 7.13. The summed E-state index contributed by atoms with van der Waals surface area (Å²) in [6.07, 6.45) is 1.74. The molecule has 3 N–H and O–H groups in total. The van der Waals surface area contributed by atoms with E-state index < -0.39 is 6.04 Å². The SMILES string of the molecule is CC(CCc1ccccc1)NC(=O)C(NC(=O)Nc1ccccc1)C(C)C. The molecule has 3 amide bonds. The van der Waals surface area contributed by atoms with Crippen molar-refractivity contribution in [3.05, 3.63) is 66.2 Å². The molecule has 5 heteroatoms. The van der Waals surface area contributed by atoms with Crippen LogP contribution in [0.4, 0.5) is 10.5 Å². The van der Waals surface area contributed by atoms with Gasteiger partial charge in [0.05, 0.1) is 0 Å². The van der Waals surface area contributed by atoms with E-state index in [4.69, 9.17) is 0 Å². The molecule has 0 spiro atoms. The van der Waals surface area contributed by atoms with Gasteiger partial charge in [0.1, 0.15) is 6.04 Å². The molecule has 0 aliphatic carbocycles. The molecule has 0 fully saturated rings. The van der Waals surface area contributed by atoms with Crippen LogP contribution >= 0.6 is 0 Å². The van der Waals surface area contributed by atoms with Crippen molar-refractivity contribution in [2.75, 3.05) is 5.32 Å². The summed E-state index contributed by atoms with van der Waals surface area (Å²) < 4.78 is 0. The molecule has 0 aliphatic heterocycles. The van der Waals surface area contributed by atoms with E-state index >= 15 is 0 Å². The summed E-state index contributed by atoms with van der Waals surface area (Å²) in [5, 5.41) is 8.55. The number of amides is 3. The first kappa shape index (κ1) is 20.5. The number of benzene rings is 2. The molecule has 0 radical (unpaired) electrons. The maximum Gasteiger partial charge on any atom is 0.319 e. The van der Waals surface area contributed by atoms with E-state index in [9.17, 15) is 9.59 Å². The van der Waals surface area contributed by atoms with Gasteiger partial charge in [0.2, 0.25) is 5.91 Å². The van der Waals surface area contributed by atoms with Crippen LogP contribution in [0.25, 0.3) is 0 Å². The van der Waals surface area contributed by atoms with E-state index in [0.29, 0.717) is 5.69 Å². The lowest BCUT2D eigenvalue weighted by atomic mass is 10.0. The Balaban J connectivity index is 1.85. The molecule has 0 saturated heterocycles. The van der Waals surface area contributed by atoms with Crippen molar-refractivity contribution in [2.45, 2.75) is 45.7 Å². The third-order valence-electron chi connectivity index (χ3n) is 4.36. The van der Waals surface area contributed by atoms with Crippen LogP contribution in [0.1, 0.15) is 32.8 Å². The molecule has 144 valence electrons. The van der Waals surface area contributed by atoms with Gasteiger partial charge in [-0.2, -0.15) is 0 Å². The lowest BCUT2D eigenvalue weighted by Crippen LogP contribution is -2.52. The van der Waals surface area contributed by atoms with Crippen molar-refractivity contribution in [1.82, 2.24) is 10.6 Å². The normalized spacial score (nSPS) is 12.9. The average molecular weight is 367 g/mol. The summed E-state index contributed by atoms with van der Waals surface area (Å²) in [5.74, 6) is -0.179. The first-order chi connectivity index (χ1) is 13.0. The van der Waals surface area contributed by atoms with Gasteiger partial charge in [-0.25, -0.2) is 4.79 Å². The molecule has 0 aliphatic rings. The molecular weight excluding hydrogens is 338 g/mol. The average Bonchev–Trinajstić information content (AvgIpc) is 2.66. The number of carbonyl (C=O) groups excluding carboxylic acids is 2. The predicted molar refractivity (Wildman–Crippen MR) is 110 cm³/mol. The molecule has 2 unspecified atom stereocenters. The van der Waals surface area contributed by atoms with Crippen LogP contribution in [0.3, 0.4) is 0 Å². The van der Waals surface area contributed by atoms with E-state index in [-0.39, 0.29) is 23.9 Å². The molecule has 0 bridgehead atoms. The highest BCUT2D eigenvalue weighted by molar-refractivity contribution is 5.93. The van der Waals surface area contributed by atoms with Gasteiger partial charge in [0.25, 0.3) is 0 Å². The van der Waals surface area contributed by atoms with Crippen LogP contribution < -0.4 is 16.0 Å². The molecular formula is C22H29N3O2. The highest BCUT2D eigenvalue weighted by Gasteiger charge is 2.25. The summed E-state index contributed by atoms with van der Waals surface area (Å²) in [7, 11) is 0. The van der Waals surface area contributed by atoms with Crippen LogP contribution in [0.2, 0.25) is 0 Å². The number of hydrogen-bond acceptors (Lipinski definition) is 2. The second-order valence-corrected chi connectivity index (χ2v) is 7.12. The van der Waals surface area contributed by atoms with Gasteiger partial charge in [0, 0.05) is 11.7 Å². The minimum absolute atomic E-state index is 0.0205. The number of hydrogen-bond donors (Lipinski definition) is 3. The Morgan fingerprint density at radius 1 is 0.852 bits per heavy atom. The number of urea groups is 1. The van der Waals surface area contributed by atoms with Crippen molar-refractivity contribution in [2.24, 2.45) is 5.92 Å². The molecule has 2 atom stereocenters. The van der Waals surface area contributed by atoms with E-state index in [1.807, 2.05) is 57.2 Å². The standard InChI is InChI=1S/C22H29N3O2/c1-16(2)20(25-22(27)24-19-12-8-5-9-13-19)21(26)23-17(3)14-15-18-10-6-4-7-11-18/h4-13,16-17,20H,14-15H2,1-3H3,(H,23,26)(H2,24,25,27). The Bertz CT molecular complexity index is 717. The van der Waals surface area contributed by atoms with Crippen LogP contribution in [-0.2, 0) is 11.2 Å². The summed E-state index contributed by atoms with van der Waals surface area (Å²) in [6, 6.07) is 18.4. The minimum Gasteiger partial charge on any atom is -0.352 e. The molecule has 0 aromatic heterocycles. The monoisotopic (exact) mass is 367 g/mol. The van der Waals surface area contributed by atoms with Crippen molar-refractivity contribution < 1.29 is 9.59 Å². The first-order valence-electron chi connectivity index (χ1n) is 9.42. The molecule has 0 saturated carbocycles. The highest BCUT2D eigenvalue weighted by Crippen LogP contribution is 2.08. The van der Waals surface area contributed by atoms with Crippen LogP contribution in [0.5, 0.6) is 0 Å². The van der Waals surface area contributed by atoms with Crippen LogP contribution in [0, 0.1) is 5.92 Å². The largest absolute Gasteiger partial charge is 0.352 e. The summed E-state index contributed by atoms with van der Waals surface area (Å²) in [6.45, 7) is 5.83. The smallest absolute Gasteiger partial charge is 0.319 e. The first-order valence-corrected chi connectivity index (χ1v) is 9.42. The fourth-order valence-electron chi connectivity index (χ4n) is 2.80. The Morgan fingerprint density at radius 3 is 2.04 bits per heavy atom.